The maximum Gasteiger partial charge on any atom is 0.407 e. The summed E-state index contributed by atoms with van der Waals surface area (Å²) in [5.41, 5.74) is 4.52. The van der Waals surface area contributed by atoms with Crippen LogP contribution in [0.15, 0.2) is 48.5 Å². The molecule has 1 aliphatic rings. The summed E-state index contributed by atoms with van der Waals surface area (Å²) in [6, 6.07) is 15.1. The zero-order chi connectivity index (χ0) is 22.4. The number of rotatable bonds is 6. The minimum absolute atomic E-state index is 0.0426. The predicted octanol–water partition coefficient (Wildman–Crippen LogP) is 2.75. The van der Waals surface area contributed by atoms with Gasteiger partial charge in [-0.3, -0.25) is 4.79 Å². The normalized spacial score (nSPS) is 12.7. The van der Waals surface area contributed by atoms with Gasteiger partial charge in [0.15, 0.2) is 0 Å². The Morgan fingerprint density at radius 1 is 1.03 bits per heavy atom. The van der Waals surface area contributed by atoms with E-state index in [4.69, 9.17) is 9.84 Å². The van der Waals surface area contributed by atoms with E-state index in [0.717, 1.165) is 22.3 Å². The standard InChI is InChI=1S/C24H24N2O5/c1-15(2)22(23(28)29)26-21(27)12-7-13-25-24(30)31-14-20-18-10-5-3-8-16(18)17-9-4-6-11-19(17)20/h3-6,8-11,15,20,22H,13-14H2,1-2H3,(H,25,30)(H,26,27)(H,28,29)/t22-/m0/s1. The zero-order valence-corrected chi connectivity index (χ0v) is 17.3. The van der Waals surface area contributed by atoms with Crippen LogP contribution >= 0.6 is 0 Å². The smallest absolute Gasteiger partial charge is 0.407 e. The molecule has 0 radical (unpaired) electrons. The number of aliphatic carboxylic acids is 1. The summed E-state index contributed by atoms with van der Waals surface area (Å²) in [6.45, 7) is 3.46. The van der Waals surface area contributed by atoms with Crippen LogP contribution in [0, 0.1) is 17.8 Å². The van der Waals surface area contributed by atoms with Gasteiger partial charge in [0.25, 0.3) is 5.91 Å². The van der Waals surface area contributed by atoms with Crippen LogP contribution in [0.25, 0.3) is 11.1 Å². The third-order valence-electron chi connectivity index (χ3n) is 5.09. The molecule has 1 atom stereocenters. The van der Waals surface area contributed by atoms with Crippen LogP contribution in [-0.2, 0) is 14.3 Å². The molecule has 3 rings (SSSR count). The molecule has 7 heteroatoms. The molecule has 7 nitrogen and oxygen atoms in total. The lowest BCUT2D eigenvalue weighted by molar-refractivity contribution is -0.142. The van der Waals surface area contributed by atoms with Crippen LogP contribution < -0.4 is 10.6 Å². The Bertz CT molecular complexity index is 1010. The highest BCUT2D eigenvalue weighted by Gasteiger charge is 2.29. The van der Waals surface area contributed by atoms with Crippen LogP contribution in [0.4, 0.5) is 4.79 Å². The molecule has 0 unspecified atom stereocenters. The molecule has 1 aliphatic carbocycles. The SMILES string of the molecule is CC(C)[C@H](NC(=O)C#CCNC(=O)OCC1c2ccccc2-c2ccccc21)C(=O)O. The quantitative estimate of drug-likeness (QED) is 0.624. The second kappa shape index (κ2) is 9.81. The van der Waals surface area contributed by atoms with Crippen molar-refractivity contribution in [1.29, 1.82) is 0 Å². The van der Waals surface area contributed by atoms with Crippen molar-refractivity contribution < 1.29 is 24.2 Å². The highest BCUT2D eigenvalue weighted by atomic mass is 16.5. The van der Waals surface area contributed by atoms with E-state index in [-0.39, 0.29) is 25.0 Å². The second-order valence-electron chi connectivity index (χ2n) is 7.51. The first kappa shape index (κ1) is 21.9. The van der Waals surface area contributed by atoms with Crippen LogP contribution in [0.1, 0.15) is 30.9 Å². The molecule has 0 fully saturated rings. The molecule has 0 spiro atoms. The number of benzene rings is 2. The minimum Gasteiger partial charge on any atom is -0.480 e. The van der Waals surface area contributed by atoms with Gasteiger partial charge in [-0.15, -0.1) is 0 Å². The molecule has 2 aromatic rings. The molecular weight excluding hydrogens is 396 g/mol. The molecule has 0 bridgehead atoms. The van der Waals surface area contributed by atoms with Crippen molar-refractivity contribution in [2.24, 2.45) is 5.92 Å². The van der Waals surface area contributed by atoms with Crippen LogP contribution in [0.3, 0.4) is 0 Å². The second-order valence-corrected chi connectivity index (χ2v) is 7.51. The summed E-state index contributed by atoms with van der Waals surface area (Å²) >= 11 is 0. The van der Waals surface area contributed by atoms with Crippen molar-refractivity contribution >= 4 is 18.0 Å². The lowest BCUT2D eigenvalue weighted by atomic mass is 9.98. The van der Waals surface area contributed by atoms with Crippen molar-refractivity contribution in [2.45, 2.75) is 25.8 Å². The molecule has 3 N–H and O–H groups in total. The third kappa shape index (κ3) is 5.23. The van der Waals surface area contributed by atoms with E-state index < -0.39 is 24.0 Å². The Morgan fingerprint density at radius 2 is 1.61 bits per heavy atom. The molecule has 0 heterocycles. The zero-order valence-electron chi connectivity index (χ0n) is 17.3. The third-order valence-corrected chi connectivity index (χ3v) is 5.09. The lowest BCUT2D eigenvalue weighted by Crippen LogP contribution is -2.43. The fraction of sp³-hybridized carbons (Fsp3) is 0.292. The number of carboxylic acid groups (broad SMARTS) is 1. The van der Waals surface area contributed by atoms with E-state index in [2.05, 4.69) is 34.6 Å². The van der Waals surface area contributed by atoms with Gasteiger partial charge in [0.05, 0.1) is 6.54 Å². The van der Waals surface area contributed by atoms with E-state index >= 15 is 0 Å². The number of alkyl carbamates (subject to hydrolysis) is 1. The molecule has 160 valence electrons. The Balaban J connectivity index is 1.50. The molecule has 0 saturated heterocycles. The van der Waals surface area contributed by atoms with Crippen LogP contribution in [-0.4, -0.2) is 42.3 Å². The van der Waals surface area contributed by atoms with Gasteiger partial charge in [-0.25, -0.2) is 9.59 Å². The molecule has 2 aromatic carbocycles. The first-order valence-corrected chi connectivity index (χ1v) is 9.99. The first-order chi connectivity index (χ1) is 14.9. The summed E-state index contributed by atoms with van der Waals surface area (Å²) in [5, 5.41) is 13.9. The van der Waals surface area contributed by atoms with Gasteiger partial charge in [0, 0.05) is 5.92 Å². The van der Waals surface area contributed by atoms with E-state index in [9.17, 15) is 14.4 Å². The van der Waals surface area contributed by atoms with Crippen molar-refractivity contribution in [1.82, 2.24) is 10.6 Å². The number of fused-ring (bicyclic) bond motifs is 3. The Kier molecular flexibility index (Phi) is 6.93. The number of ether oxygens (including phenoxy) is 1. The summed E-state index contributed by atoms with van der Waals surface area (Å²) in [7, 11) is 0. The van der Waals surface area contributed by atoms with E-state index in [1.54, 1.807) is 13.8 Å². The van der Waals surface area contributed by atoms with Crippen molar-refractivity contribution in [3.05, 3.63) is 59.7 Å². The average molecular weight is 420 g/mol. The fourth-order valence-electron chi connectivity index (χ4n) is 3.58. The predicted molar refractivity (Wildman–Crippen MR) is 115 cm³/mol. The molecule has 0 aromatic heterocycles. The summed E-state index contributed by atoms with van der Waals surface area (Å²) in [4.78, 5) is 34.9. The first-order valence-electron chi connectivity index (χ1n) is 9.99. The van der Waals surface area contributed by atoms with Gasteiger partial charge in [-0.05, 0) is 34.1 Å². The highest BCUT2D eigenvalue weighted by Crippen LogP contribution is 2.44. The van der Waals surface area contributed by atoms with Gasteiger partial charge in [-0.2, -0.15) is 0 Å². The summed E-state index contributed by atoms with van der Waals surface area (Å²) < 4.78 is 5.38. The number of amides is 2. The van der Waals surface area contributed by atoms with E-state index in [1.807, 2.05) is 36.4 Å². The topological polar surface area (TPSA) is 105 Å². The van der Waals surface area contributed by atoms with Crippen molar-refractivity contribution in [3.63, 3.8) is 0 Å². The lowest BCUT2D eigenvalue weighted by Gasteiger charge is -2.15. The maximum absolute atomic E-state index is 12.0. The Labute approximate surface area is 180 Å². The number of carbonyl (C=O) groups is 3. The van der Waals surface area contributed by atoms with Crippen molar-refractivity contribution in [2.75, 3.05) is 13.2 Å². The van der Waals surface area contributed by atoms with Crippen LogP contribution in [0.2, 0.25) is 0 Å². The number of carbonyl (C=O) groups excluding carboxylic acids is 2. The summed E-state index contributed by atoms with van der Waals surface area (Å²) in [5.74, 6) is 2.61. The molecule has 2 amide bonds. The summed E-state index contributed by atoms with van der Waals surface area (Å²) in [6.07, 6.45) is -0.637. The number of carboxylic acids is 1. The Morgan fingerprint density at radius 3 is 2.16 bits per heavy atom. The highest BCUT2D eigenvalue weighted by molar-refractivity contribution is 5.96. The van der Waals surface area contributed by atoms with Gasteiger partial charge in [-0.1, -0.05) is 68.3 Å². The van der Waals surface area contributed by atoms with Gasteiger partial charge < -0.3 is 20.5 Å². The van der Waals surface area contributed by atoms with Gasteiger partial charge in [0.1, 0.15) is 12.6 Å². The maximum atomic E-state index is 12.0. The fourth-order valence-corrected chi connectivity index (χ4v) is 3.58. The number of hydrogen-bond donors (Lipinski definition) is 3. The molecule has 0 saturated carbocycles. The van der Waals surface area contributed by atoms with Gasteiger partial charge in [0.2, 0.25) is 0 Å². The largest absolute Gasteiger partial charge is 0.480 e. The van der Waals surface area contributed by atoms with Crippen molar-refractivity contribution in [3.8, 4) is 23.0 Å². The van der Waals surface area contributed by atoms with Crippen LogP contribution in [0.5, 0.6) is 0 Å². The minimum atomic E-state index is -1.12. The average Bonchev–Trinajstić information content (AvgIpc) is 3.07. The molecular formula is C24H24N2O5. The Hall–Kier alpha value is -3.79. The van der Waals surface area contributed by atoms with Gasteiger partial charge >= 0.3 is 12.1 Å². The molecule has 31 heavy (non-hydrogen) atoms. The monoisotopic (exact) mass is 420 g/mol. The molecule has 0 aliphatic heterocycles. The number of nitrogens with one attached hydrogen (secondary N) is 2. The van der Waals surface area contributed by atoms with E-state index in [0.29, 0.717) is 0 Å². The number of hydrogen-bond acceptors (Lipinski definition) is 4. The van der Waals surface area contributed by atoms with E-state index in [1.165, 1.54) is 0 Å².